The number of halogens is 2. The van der Waals surface area contributed by atoms with Crippen LogP contribution in [0, 0.1) is 0 Å². The van der Waals surface area contributed by atoms with Gasteiger partial charge in [0.25, 0.3) is 5.91 Å². The summed E-state index contributed by atoms with van der Waals surface area (Å²) < 4.78 is 6.23. The van der Waals surface area contributed by atoms with Gasteiger partial charge in [0, 0.05) is 21.7 Å². The van der Waals surface area contributed by atoms with Crippen molar-refractivity contribution in [2.24, 2.45) is 0 Å². The molecule has 1 aromatic carbocycles. The molecule has 0 aliphatic carbocycles. The van der Waals surface area contributed by atoms with Crippen LogP contribution >= 0.6 is 46.7 Å². The van der Waals surface area contributed by atoms with Crippen molar-refractivity contribution in [1.29, 1.82) is 0 Å². The third-order valence-corrected chi connectivity index (χ3v) is 9.86. The predicted octanol–water partition coefficient (Wildman–Crippen LogP) is 2.95. The van der Waals surface area contributed by atoms with Crippen molar-refractivity contribution in [1.82, 2.24) is 10.2 Å². The highest BCUT2D eigenvalue weighted by molar-refractivity contribution is 8.00. The summed E-state index contributed by atoms with van der Waals surface area (Å²) in [6, 6.07) is 2.21. The Labute approximate surface area is 249 Å². The van der Waals surface area contributed by atoms with Crippen molar-refractivity contribution in [3.8, 4) is 0 Å². The van der Waals surface area contributed by atoms with Crippen LogP contribution in [0.15, 0.2) is 46.5 Å². The van der Waals surface area contributed by atoms with Crippen LogP contribution in [0.1, 0.15) is 5.56 Å². The van der Waals surface area contributed by atoms with Crippen LogP contribution in [0.5, 0.6) is 0 Å². The lowest BCUT2D eigenvalue weighted by molar-refractivity contribution is -0.911. The summed E-state index contributed by atoms with van der Waals surface area (Å²) in [5.74, 6) is -2.85. The van der Waals surface area contributed by atoms with Crippen molar-refractivity contribution in [3.63, 3.8) is 0 Å². The van der Waals surface area contributed by atoms with E-state index in [-0.39, 0.29) is 16.5 Å². The number of β-lactam (4-membered cyclic amide) rings is 1. The van der Waals surface area contributed by atoms with Gasteiger partial charge in [-0.15, -0.1) is 23.5 Å². The number of ether oxygens (including phenoxy) is 1. The zero-order valence-corrected chi connectivity index (χ0v) is 24.6. The highest BCUT2D eigenvalue weighted by Gasteiger charge is 2.53. The number of quaternary nitrogens is 1. The van der Waals surface area contributed by atoms with E-state index in [1.807, 2.05) is 6.08 Å². The fraction of sp³-hybridized carbons (Fsp3) is 0.385. The normalized spacial score (nSPS) is 22.4. The number of carboxylic acid groups (broad SMARTS) is 2. The fourth-order valence-corrected chi connectivity index (χ4v) is 7.20. The average Bonchev–Trinajstić information content (AvgIpc) is 2.90. The second-order valence-electron chi connectivity index (χ2n) is 9.66. The Bertz CT molecular complexity index is 1310. The number of nitrogens with one attached hydrogen (secondary N) is 1. The van der Waals surface area contributed by atoms with E-state index in [0.717, 1.165) is 42.0 Å². The zero-order chi connectivity index (χ0) is 29.0. The summed E-state index contributed by atoms with van der Waals surface area (Å²) in [6.07, 6.45) is 6.01. The number of amides is 2. The second-order valence-corrected chi connectivity index (χ2v) is 12.6. The number of rotatable bonds is 10. The molecule has 10 nitrogen and oxygen atoms in total. The van der Waals surface area contributed by atoms with Crippen LogP contribution < -0.4 is 5.32 Å². The molecule has 3 aliphatic heterocycles. The molecule has 2 saturated heterocycles. The van der Waals surface area contributed by atoms with E-state index >= 15 is 0 Å². The van der Waals surface area contributed by atoms with Gasteiger partial charge in [0.15, 0.2) is 0 Å². The minimum absolute atomic E-state index is 0.0482. The van der Waals surface area contributed by atoms with Crippen molar-refractivity contribution in [3.05, 3.63) is 57.2 Å². The van der Waals surface area contributed by atoms with Gasteiger partial charge in [-0.2, -0.15) is 0 Å². The molecule has 0 radical (unpaired) electrons. The van der Waals surface area contributed by atoms with E-state index in [9.17, 15) is 24.3 Å². The maximum absolute atomic E-state index is 12.9. The number of hydrogen-bond donors (Lipinski definition) is 3. The maximum atomic E-state index is 12.9. The van der Waals surface area contributed by atoms with Gasteiger partial charge in [-0.25, -0.2) is 9.59 Å². The molecule has 14 heteroatoms. The van der Waals surface area contributed by atoms with Crippen LogP contribution in [0.25, 0.3) is 6.08 Å². The molecule has 2 atom stereocenters. The first-order valence-corrected chi connectivity index (χ1v) is 15.1. The summed E-state index contributed by atoms with van der Waals surface area (Å²) in [6.45, 7) is 3.88. The number of carbonyl (C=O) groups excluding carboxylic acids is 2. The molecule has 3 heterocycles. The molecule has 3 aliphatic rings. The largest absolute Gasteiger partial charge is 0.478 e. The first kappa shape index (κ1) is 30.5. The Balaban J connectivity index is 1.36. The number of carboxylic acids is 2. The van der Waals surface area contributed by atoms with Gasteiger partial charge in [-0.3, -0.25) is 14.5 Å². The van der Waals surface area contributed by atoms with Gasteiger partial charge in [0.2, 0.25) is 5.91 Å². The monoisotopic (exact) mass is 628 g/mol. The molecule has 1 aromatic rings. The summed E-state index contributed by atoms with van der Waals surface area (Å²) in [7, 11) is 2.13. The highest BCUT2D eigenvalue weighted by Crippen LogP contribution is 2.41. The second kappa shape index (κ2) is 13.0. The molecule has 0 bridgehead atoms. The first-order chi connectivity index (χ1) is 19.0. The van der Waals surface area contributed by atoms with E-state index in [1.54, 1.807) is 6.08 Å². The number of benzene rings is 1. The molecule has 2 amide bonds. The quantitative estimate of drug-likeness (QED) is 0.155. The highest BCUT2D eigenvalue weighted by atomic mass is 35.5. The van der Waals surface area contributed by atoms with Crippen molar-refractivity contribution in [2.75, 3.05) is 51.4 Å². The van der Waals surface area contributed by atoms with E-state index < -0.39 is 35.2 Å². The molecule has 0 saturated carbocycles. The lowest BCUT2D eigenvalue weighted by Crippen LogP contribution is -2.70. The Morgan fingerprint density at radius 3 is 2.60 bits per heavy atom. The van der Waals surface area contributed by atoms with Crippen LogP contribution in [-0.2, 0) is 23.9 Å². The number of morpholine rings is 1. The molecular formula is C26H28Cl2N3O7S2+. The van der Waals surface area contributed by atoms with Gasteiger partial charge in [-0.1, -0.05) is 29.3 Å². The molecule has 4 rings (SSSR count). The van der Waals surface area contributed by atoms with E-state index in [1.165, 1.54) is 34.9 Å². The molecule has 0 unspecified atom stereocenters. The minimum Gasteiger partial charge on any atom is -0.478 e. The van der Waals surface area contributed by atoms with E-state index in [4.69, 9.17) is 33.0 Å². The third kappa shape index (κ3) is 7.04. The van der Waals surface area contributed by atoms with Crippen LogP contribution in [0.4, 0.5) is 0 Å². The molecule has 2 fully saturated rings. The molecule has 40 heavy (non-hydrogen) atoms. The lowest BCUT2D eigenvalue weighted by Gasteiger charge is -2.49. The van der Waals surface area contributed by atoms with Crippen LogP contribution in [0.3, 0.4) is 0 Å². The molecule has 3 N–H and O–H groups in total. The zero-order valence-electron chi connectivity index (χ0n) is 21.5. The summed E-state index contributed by atoms with van der Waals surface area (Å²) >= 11 is 15.0. The van der Waals surface area contributed by atoms with Gasteiger partial charge in [0.1, 0.15) is 30.2 Å². The number of aliphatic carboxylic acids is 2. The summed E-state index contributed by atoms with van der Waals surface area (Å²) in [5, 5.41) is 21.4. The van der Waals surface area contributed by atoms with Gasteiger partial charge in [-0.05, 0) is 35.4 Å². The standard InChI is InChI=1S/C26H27Cl2N3O7S2/c1-31(7-9-38-10-8-31)6-2-3-16-13-40-25-22(24(35)30(25)23(16)26(36)37)29-20(32)14-39-19-12-17(27)15(11-18(19)28)4-5-21(33)34/h2-5,11-12,22,25H,6-10,13-14H2,1H3,(H2-,29,32,33,34,36,37)/p+1/b3-2+,5-4+/t22-,25-/m1/s1. The Morgan fingerprint density at radius 1 is 1.20 bits per heavy atom. The number of allylic oxidation sites excluding steroid dienone is 1. The number of hydrogen-bond acceptors (Lipinski definition) is 7. The molecule has 214 valence electrons. The Morgan fingerprint density at radius 2 is 1.93 bits per heavy atom. The summed E-state index contributed by atoms with van der Waals surface area (Å²) in [5.41, 5.74) is 0.939. The number of thioether (sulfide) groups is 2. The molecule has 0 aromatic heterocycles. The van der Waals surface area contributed by atoms with Crippen LogP contribution in [-0.4, -0.2) is 106 Å². The van der Waals surface area contributed by atoms with Crippen LogP contribution in [0.2, 0.25) is 10.0 Å². The topological polar surface area (TPSA) is 133 Å². The number of nitrogens with zero attached hydrogens (tertiary/aromatic N) is 2. The third-order valence-electron chi connectivity index (χ3n) is 6.75. The van der Waals surface area contributed by atoms with E-state index in [0.29, 0.717) is 40.0 Å². The predicted molar refractivity (Wildman–Crippen MR) is 154 cm³/mol. The SMILES string of the molecule is C[N+]1(C/C=C/C2=C(C(=O)O)N3C(=O)[C@@H](NC(=O)CSc4cc(Cl)c(/C=C/C(=O)O)cc4Cl)[C@H]3SC2)CCOCC1. The van der Waals surface area contributed by atoms with Crippen molar-refractivity contribution >= 4 is 76.6 Å². The average molecular weight is 630 g/mol. The smallest absolute Gasteiger partial charge is 0.352 e. The van der Waals surface area contributed by atoms with Gasteiger partial charge < -0.3 is 24.7 Å². The van der Waals surface area contributed by atoms with E-state index in [2.05, 4.69) is 12.4 Å². The van der Waals surface area contributed by atoms with Gasteiger partial charge >= 0.3 is 11.9 Å². The number of carbonyl (C=O) groups is 4. The minimum atomic E-state index is -1.18. The lowest BCUT2D eigenvalue weighted by atomic mass is 10.0. The molecular weight excluding hydrogens is 601 g/mol. The summed E-state index contributed by atoms with van der Waals surface area (Å²) in [4.78, 5) is 50.2. The number of fused-ring (bicyclic) bond motifs is 1. The van der Waals surface area contributed by atoms with Gasteiger partial charge in [0.05, 0.1) is 37.6 Å². The Kier molecular flexibility index (Phi) is 9.91. The van der Waals surface area contributed by atoms with Crippen molar-refractivity contribution in [2.45, 2.75) is 16.3 Å². The number of likely N-dealkylation sites (N-methyl/N-ethyl adjacent to an activating group) is 1. The van der Waals surface area contributed by atoms with Crippen molar-refractivity contribution < 1.29 is 38.6 Å². The first-order valence-electron chi connectivity index (χ1n) is 12.3. The fourth-order valence-electron chi connectivity index (χ4n) is 4.49. The maximum Gasteiger partial charge on any atom is 0.352 e. The Hall–Kier alpha value is -2.48. The molecule has 0 spiro atoms.